The second kappa shape index (κ2) is 7.45. The monoisotopic (exact) mass is 407 g/mol. The summed E-state index contributed by atoms with van der Waals surface area (Å²) in [6, 6.07) is 2.92. The molecule has 0 unspecified atom stereocenters. The number of aromatic nitrogens is 2. The van der Waals surface area contributed by atoms with Gasteiger partial charge in [-0.05, 0) is 25.5 Å². The molecule has 0 aliphatic carbocycles. The number of benzene rings is 1. The molecule has 0 aliphatic rings. The molecule has 11 heteroatoms. The number of nitrogen functional groups attached to an aromatic ring is 1. The van der Waals surface area contributed by atoms with Crippen LogP contribution in [0.4, 0.5) is 21.6 Å². The molecule has 2 aromatic heterocycles. The van der Waals surface area contributed by atoms with Crippen LogP contribution in [0.25, 0.3) is 10.2 Å². The first-order valence-corrected chi connectivity index (χ1v) is 9.46. The zero-order chi connectivity index (χ0) is 19.7. The molecular weight excluding hydrogens is 393 g/mol. The Balaban J connectivity index is 1.72. The maximum absolute atomic E-state index is 13.7. The maximum atomic E-state index is 13.7. The summed E-state index contributed by atoms with van der Waals surface area (Å²) in [5.74, 6) is -1.06. The van der Waals surface area contributed by atoms with Gasteiger partial charge in [-0.1, -0.05) is 11.8 Å². The van der Waals surface area contributed by atoms with Crippen molar-refractivity contribution in [2.24, 2.45) is 0 Å². The molecule has 1 amide bonds. The van der Waals surface area contributed by atoms with Crippen LogP contribution in [0, 0.1) is 29.8 Å². The van der Waals surface area contributed by atoms with Crippen LogP contribution in [0.5, 0.6) is 0 Å². The Hall–Kier alpha value is -2.79. The number of non-ortho nitro benzene ring substituents is 1. The van der Waals surface area contributed by atoms with Crippen molar-refractivity contribution in [3.05, 3.63) is 44.6 Å². The van der Waals surface area contributed by atoms with Gasteiger partial charge in [0, 0.05) is 17.0 Å². The van der Waals surface area contributed by atoms with E-state index in [2.05, 4.69) is 15.3 Å². The van der Waals surface area contributed by atoms with Crippen LogP contribution in [0.3, 0.4) is 0 Å². The number of aryl methyl sites for hydroxylation is 2. The first-order valence-electron chi connectivity index (χ1n) is 7.66. The molecular formula is C16H14FN5O3S2. The van der Waals surface area contributed by atoms with Crippen LogP contribution in [-0.4, -0.2) is 26.6 Å². The third-order valence-corrected chi connectivity index (χ3v) is 5.75. The van der Waals surface area contributed by atoms with E-state index >= 15 is 0 Å². The van der Waals surface area contributed by atoms with Crippen LogP contribution in [0.2, 0.25) is 0 Å². The zero-order valence-electron chi connectivity index (χ0n) is 14.3. The van der Waals surface area contributed by atoms with Crippen molar-refractivity contribution in [2.45, 2.75) is 19.0 Å². The molecule has 0 saturated heterocycles. The maximum Gasteiger partial charge on any atom is 0.271 e. The Morgan fingerprint density at radius 2 is 2.15 bits per heavy atom. The summed E-state index contributed by atoms with van der Waals surface area (Å²) in [5.41, 5.74) is 6.45. The Kier molecular flexibility index (Phi) is 5.24. The smallest absolute Gasteiger partial charge is 0.271 e. The van der Waals surface area contributed by atoms with E-state index < -0.39 is 16.6 Å². The van der Waals surface area contributed by atoms with Gasteiger partial charge in [0.25, 0.3) is 5.69 Å². The number of nitro groups is 1. The van der Waals surface area contributed by atoms with Crippen molar-refractivity contribution in [1.29, 1.82) is 0 Å². The molecule has 8 nitrogen and oxygen atoms in total. The van der Waals surface area contributed by atoms with Crippen LogP contribution < -0.4 is 11.1 Å². The molecule has 2 heterocycles. The molecule has 0 radical (unpaired) electrons. The van der Waals surface area contributed by atoms with Crippen LogP contribution in [0.15, 0.2) is 23.4 Å². The highest BCUT2D eigenvalue weighted by atomic mass is 32.2. The number of nitro benzene ring substituents is 1. The molecule has 3 rings (SSSR count). The third-order valence-electron chi connectivity index (χ3n) is 3.80. The molecule has 140 valence electrons. The summed E-state index contributed by atoms with van der Waals surface area (Å²) in [6.07, 6.45) is 0. The van der Waals surface area contributed by atoms with Gasteiger partial charge >= 0.3 is 0 Å². The number of fused-ring (bicyclic) bond motifs is 1. The molecule has 0 atom stereocenters. The average molecular weight is 407 g/mol. The van der Waals surface area contributed by atoms with Crippen molar-refractivity contribution in [3.8, 4) is 0 Å². The van der Waals surface area contributed by atoms with Gasteiger partial charge in [-0.2, -0.15) is 0 Å². The zero-order valence-corrected chi connectivity index (χ0v) is 15.9. The molecule has 0 fully saturated rings. The van der Waals surface area contributed by atoms with E-state index in [4.69, 9.17) is 5.73 Å². The van der Waals surface area contributed by atoms with Gasteiger partial charge in [-0.3, -0.25) is 14.9 Å². The van der Waals surface area contributed by atoms with Crippen LogP contribution >= 0.6 is 23.1 Å². The van der Waals surface area contributed by atoms with E-state index in [-0.39, 0.29) is 17.1 Å². The minimum absolute atomic E-state index is 0.101. The van der Waals surface area contributed by atoms with E-state index in [9.17, 15) is 19.3 Å². The van der Waals surface area contributed by atoms with Crippen molar-refractivity contribution in [1.82, 2.24) is 9.97 Å². The number of anilines is 2. The molecule has 27 heavy (non-hydrogen) atoms. The van der Waals surface area contributed by atoms with Crippen molar-refractivity contribution < 1.29 is 14.1 Å². The Morgan fingerprint density at radius 1 is 1.41 bits per heavy atom. The third kappa shape index (κ3) is 3.98. The van der Waals surface area contributed by atoms with Gasteiger partial charge in [-0.15, -0.1) is 11.3 Å². The number of thioether (sulfide) groups is 1. The summed E-state index contributed by atoms with van der Waals surface area (Å²) in [6.45, 7) is 3.91. The first kappa shape index (κ1) is 19.0. The van der Waals surface area contributed by atoms with Crippen molar-refractivity contribution in [3.63, 3.8) is 0 Å². The Morgan fingerprint density at radius 3 is 2.85 bits per heavy atom. The number of hydrogen-bond acceptors (Lipinski definition) is 8. The Labute approximate surface area is 161 Å². The fraction of sp³-hybridized carbons (Fsp3) is 0.188. The predicted molar refractivity (Wildman–Crippen MR) is 104 cm³/mol. The molecule has 0 aliphatic heterocycles. The average Bonchev–Trinajstić information content (AvgIpc) is 2.89. The number of halogens is 1. The highest BCUT2D eigenvalue weighted by Crippen LogP contribution is 2.33. The molecule has 0 saturated carbocycles. The fourth-order valence-electron chi connectivity index (χ4n) is 2.36. The number of thiophene rings is 1. The van der Waals surface area contributed by atoms with Crippen molar-refractivity contribution >= 4 is 56.4 Å². The number of amides is 1. The lowest BCUT2D eigenvalue weighted by atomic mass is 10.2. The lowest BCUT2D eigenvalue weighted by Crippen LogP contribution is -2.15. The van der Waals surface area contributed by atoms with E-state index in [1.807, 2.05) is 13.8 Å². The van der Waals surface area contributed by atoms with Crippen LogP contribution in [-0.2, 0) is 4.79 Å². The van der Waals surface area contributed by atoms with Crippen molar-refractivity contribution in [2.75, 3.05) is 16.8 Å². The summed E-state index contributed by atoms with van der Waals surface area (Å²) in [5, 5.41) is 14.2. The number of rotatable bonds is 5. The van der Waals surface area contributed by atoms with Gasteiger partial charge in [0.15, 0.2) is 5.16 Å². The number of carbonyl (C=O) groups excluding carboxylic acids is 1. The first-order chi connectivity index (χ1) is 12.8. The number of hydrogen-bond donors (Lipinski definition) is 2. The molecule has 1 aromatic carbocycles. The second-order valence-electron chi connectivity index (χ2n) is 5.61. The molecule has 3 N–H and O–H groups in total. The quantitative estimate of drug-likeness (QED) is 0.286. The summed E-state index contributed by atoms with van der Waals surface area (Å²) in [4.78, 5) is 32.6. The van der Waals surface area contributed by atoms with E-state index in [1.54, 1.807) is 0 Å². The van der Waals surface area contributed by atoms with Gasteiger partial charge in [0.2, 0.25) is 5.91 Å². The highest BCUT2D eigenvalue weighted by molar-refractivity contribution is 7.99. The van der Waals surface area contributed by atoms with Gasteiger partial charge in [0.05, 0.1) is 21.7 Å². The second-order valence-corrected chi connectivity index (χ2v) is 7.76. The van der Waals surface area contributed by atoms with Gasteiger partial charge in [0.1, 0.15) is 16.5 Å². The van der Waals surface area contributed by atoms with Gasteiger partial charge in [-0.25, -0.2) is 14.4 Å². The number of nitrogens with two attached hydrogens (primary N) is 1. The van der Waals surface area contributed by atoms with E-state index in [0.29, 0.717) is 11.0 Å². The normalized spacial score (nSPS) is 10.9. The molecule has 0 spiro atoms. The summed E-state index contributed by atoms with van der Waals surface area (Å²) >= 11 is 2.54. The standard InChI is InChI=1S/C16H14FN5O3S2/c1-7-8(2)27-15-13(7)14(18)20-16(21-15)26-6-12(23)19-11-5-9(22(24)25)3-4-10(11)17/h3-5H,6H2,1-2H3,(H,19,23)(H2,18,20,21). The lowest BCUT2D eigenvalue weighted by Gasteiger charge is -2.06. The number of nitrogens with one attached hydrogen (secondary N) is 1. The number of nitrogens with zero attached hydrogens (tertiary/aromatic N) is 3. The summed E-state index contributed by atoms with van der Waals surface area (Å²) < 4.78 is 13.7. The van der Waals surface area contributed by atoms with E-state index in [1.165, 1.54) is 11.3 Å². The van der Waals surface area contributed by atoms with E-state index in [0.717, 1.165) is 50.6 Å². The lowest BCUT2D eigenvalue weighted by molar-refractivity contribution is -0.384. The van der Waals surface area contributed by atoms with Crippen LogP contribution in [0.1, 0.15) is 10.4 Å². The minimum atomic E-state index is -0.759. The highest BCUT2D eigenvalue weighted by Gasteiger charge is 2.16. The molecule has 3 aromatic rings. The predicted octanol–water partition coefficient (Wildman–Crippen LogP) is 3.67. The summed E-state index contributed by atoms with van der Waals surface area (Å²) in [7, 11) is 0. The fourth-order valence-corrected chi connectivity index (χ4v) is 4.11. The Bertz CT molecular complexity index is 1070. The molecule has 0 bridgehead atoms. The largest absolute Gasteiger partial charge is 0.383 e. The topological polar surface area (TPSA) is 124 Å². The number of carbonyl (C=O) groups is 1. The SMILES string of the molecule is Cc1sc2nc(SCC(=O)Nc3cc([N+](=O)[O-])ccc3F)nc(N)c2c1C. The minimum Gasteiger partial charge on any atom is -0.383 e. The van der Waals surface area contributed by atoms with Gasteiger partial charge < -0.3 is 11.1 Å².